The van der Waals surface area contributed by atoms with Crippen molar-refractivity contribution in [2.75, 3.05) is 40.3 Å². The minimum Gasteiger partial charge on any atom is -0.347 e. The highest BCUT2D eigenvalue weighted by atomic mass is 16.2. The van der Waals surface area contributed by atoms with E-state index >= 15 is 0 Å². The van der Waals surface area contributed by atoms with Crippen LogP contribution in [0.25, 0.3) is 0 Å². The number of nitrogens with zero attached hydrogens (tertiary/aromatic N) is 2. The molecule has 4 heteroatoms. The Morgan fingerprint density at radius 2 is 1.94 bits per heavy atom. The quantitative estimate of drug-likeness (QED) is 0.773. The second-order valence-corrected chi connectivity index (χ2v) is 5.19. The van der Waals surface area contributed by atoms with Crippen molar-refractivity contribution in [1.29, 1.82) is 0 Å². The van der Waals surface area contributed by atoms with Crippen molar-refractivity contribution < 1.29 is 4.79 Å². The van der Waals surface area contributed by atoms with Gasteiger partial charge in [-0.15, -0.1) is 0 Å². The number of piperidine rings is 1. The largest absolute Gasteiger partial charge is 0.347 e. The third kappa shape index (κ3) is 4.28. The molecule has 1 rings (SSSR count). The highest BCUT2D eigenvalue weighted by Crippen LogP contribution is 2.15. The Balaban J connectivity index is 2.48. The summed E-state index contributed by atoms with van der Waals surface area (Å²) in [6.07, 6.45) is 2.47. The maximum Gasteiger partial charge on any atom is 0.239 e. The maximum absolute atomic E-state index is 12.0. The Morgan fingerprint density at radius 3 is 2.41 bits per heavy atom. The molecule has 0 saturated carbocycles. The van der Waals surface area contributed by atoms with E-state index in [1.54, 1.807) is 4.90 Å². The van der Waals surface area contributed by atoms with Crippen molar-refractivity contribution in [2.45, 2.75) is 32.7 Å². The lowest BCUT2D eigenvalue weighted by molar-refractivity contribution is -0.134. The monoisotopic (exact) mass is 241 g/mol. The minimum absolute atomic E-state index is 0.00452. The van der Waals surface area contributed by atoms with Crippen LogP contribution in [-0.4, -0.2) is 62.0 Å². The summed E-state index contributed by atoms with van der Waals surface area (Å²) < 4.78 is 0. The molecule has 0 aromatic heterocycles. The van der Waals surface area contributed by atoms with Crippen molar-refractivity contribution >= 4 is 5.91 Å². The van der Waals surface area contributed by atoms with Gasteiger partial charge in [0.15, 0.2) is 0 Å². The van der Waals surface area contributed by atoms with Gasteiger partial charge in [0.25, 0.3) is 0 Å². The molecule has 1 heterocycles. The first-order valence-electron chi connectivity index (χ1n) is 6.72. The maximum atomic E-state index is 12.0. The highest BCUT2D eigenvalue weighted by molar-refractivity contribution is 5.80. The minimum atomic E-state index is 0.00452. The summed E-state index contributed by atoms with van der Waals surface area (Å²) in [5, 5.41) is 3.38. The zero-order valence-electron chi connectivity index (χ0n) is 11.7. The Hall–Kier alpha value is -0.610. The van der Waals surface area contributed by atoms with Gasteiger partial charge in [-0.3, -0.25) is 9.69 Å². The van der Waals surface area contributed by atoms with Crippen LogP contribution < -0.4 is 5.32 Å². The van der Waals surface area contributed by atoms with E-state index in [4.69, 9.17) is 0 Å². The summed E-state index contributed by atoms with van der Waals surface area (Å²) in [4.78, 5) is 16.0. The van der Waals surface area contributed by atoms with Gasteiger partial charge >= 0.3 is 0 Å². The van der Waals surface area contributed by atoms with E-state index in [0.717, 1.165) is 32.1 Å². The zero-order chi connectivity index (χ0) is 12.8. The first kappa shape index (κ1) is 14.5. The van der Waals surface area contributed by atoms with Crippen LogP contribution in [0.15, 0.2) is 0 Å². The third-order valence-corrected chi connectivity index (χ3v) is 3.70. The summed E-state index contributed by atoms with van der Waals surface area (Å²) in [7, 11) is 3.66. The molecule has 100 valence electrons. The summed E-state index contributed by atoms with van der Waals surface area (Å²) in [5.74, 6) is 0.953. The molecule has 1 fully saturated rings. The number of hydrogen-bond donors (Lipinski definition) is 1. The molecule has 0 radical (unpaired) electrons. The molecule has 1 unspecified atom stereocenters. The number of hydrogen-bond acceptors (Lipinski definition) is 3. The lowest BCUT2D eigenvalue weighted by Crippen LogP contribution is -2.47. The van der Waals surface area contributed by atoms with Gasteiger partial charge < -0.3 is 10.2 Å². The number of likely N-dealkylation sites (N-methyl/N-ethyl adjacent to an activating group) is 2. The first-order valence-corrected chi connectivity index (χ1v) is 6.72. The molecule has 0 aliphatic carbocycles. The van der Waals surface area contributed by atoms with Crippen molar-refractivity contribution in [2.24, 2.45) is 5.92 Å². The Morgan fingerprint density at radius 1 is 1.35 bits per heavy atom. The molecule has 1 aliphatic rings. The SMILES string of the molecule is CCN(CC1CCNCC1)C(C)C(=O)N(C)C. The number of carbonyl (C=O) groups excluding carboxylic acids is 1. The standard InChI is InChI=1S/C13H27N3O/c1-5-16(11(2)13(17)15(3)4)10-12-6-8-14-9-7-12/h11-12,14H,5-10H2,1-4H3. The lowest BCUT2D eigenvalue weighted by atomic mass is 9.97. The van der Waals surface area contributed by atoms with Gasteiger partial charge in [-0.05, 0) is 45.3 Å². The van der Waals surface area contributed by atoms with Gasteiger partial charge in [0.05, 0.1) is 6.04 Å². The molecule has 1 atom stereocenters. The average Bonchev–Trinajstić information content (AvgIpc) is 2.35. The molecular formula is C13H27N3O. The average molecular weight is 241 g/mol. The van der Waals surface area contributed by atoms with Gasteiger partial charge in [-0.2, -0.15) is 0 Å². The van der Waals surface area contributed by atoms with Crippen LogP contribution in [0, 0.1) is 5.92 Å². The van der Waals surface area contributed by atoms with Crippen LogP contribution in [0.4, 0.5) is 0 Å². The molecular weight excluding hydrogens is 214 g/mol. The molecule has 1 saturated heterocycles. The molecule has 0 aromatic carbocycles. The summed E-state index contributed by atoms with van der Waals surface area (Å²) in [5.41, 5.74) is 0. The van der Waals surface area contributed by atoms with Crippen LogP contribution in [0.2, 0.25) is 0 Å². The van der Waals surface area contributed by atoms with Gasteiger partial charge in [-0.1, -0.05) is 6.92 Å². The van der Waals surface area contributed by atoms with Gasteiger partial charge in [0, 0.05) is 20.6 Å². The molecule has 1 aliphatic heterocycles. The van der Waals surface area contributed by atoms with Crippen molar-refractivity contribution in [1.82, 2.24) is 15.1 Å². The fourth-order valence-electron chi connectivity index (χ4n) is 2.49. The zero-order valence-corrected chi connectivity index (χ0v) is 11.7. The smallest absolute Gasteiger partial charge is 0.239 e. The Bertz CT molecular complexity index is 237. The fraction of sp³-hybridized carbons (Fsp3) is 0.923. The van der Waals surface area contributed by atoms with Crippen LogP contribution in [0.5, 0.6) is 0 Å². The summed E-state index contributed by atoms with van der Waals surface area (Å²) in [6.45, 7) is 8.41. The second kappa shape index (κ2) is 6.97. The number of carbonyl (C=O) groups is 1. The van der Waals surface area contributed by atoms with E-state index in [1.807, 2.05) is 21.0 Å². The third-order valence-electron chi connectivity index (χ3n) is 3.70. The van der Waals surface area contributed by atoms with E-state index in [-0.39, 0.29) is 11.9 Å². The number of nitrogens with one attached hydrogen (secondary N) is 1. The van der Waals surface area contributed by atoms with E-state index < -0.39 is 0 Å². The van der Waals surface area contributed by atoms with Gasteiger partial charge in [0.2, 0.25) is 5.91 Å². The van der Waals surface area contributed by atoms with Crippen molar-refractivity contribution in [3.63, 3.8) is 0 Å². The summed E-state index contributed by atoms with van der Waals surface area (Å²) >= 11 is 0. The predicted octanol–water partition coefficient (Wildman–Crippen LogP) is 0.785. The van der Waals surface area contributed by atoms with Crippen LogP contribution in [-0.2, 0) is 4.79 Å². The molecule has 1 N–H and O–H groups in total. The molecule has 0 bridgehead atoms. The normalized spacial score (nSPS) is 19.4. The van der Waals surface area contributed by atoms with Crippen LogP contribution in [0.3, 0.4) is 0 Å². The molecule has 0 aromatic rings. The van der Waals surface area contributed by atoms with E-state index in [0.29, 0.717) is 0 Å². The topological polar surface area (TPSA) is 35.6 Å². The molecule has 0 spiro atoms. The molecule has 4 nitrogen and oxygen atoms in total. The van der Waals surface area contributed by atoms with Crippen LogP contribution >= 0.6 is 0 Å². The van der Waals surface area contributed by atoms with E-state index in [2.05, 4.69) is 17.1 Å². The Kier molecular flexibility index (Phi) is 5.92. The summed E-state index contributed by atoms with van der Waals surface area (Å²) in [6, 6.07) is 0.00452. The Labute approximate surface area is 105 Å². The highest BCUT2D eigenvalue weighted by Gasteiger charge is 2.24. The van der Waals surface area contributed by atoms with E-state index in [1.165, 1.54) is 12.8 Å². The lowest BCUT2D eigenvalue weighted by Gasteiger charge is -2.33. The van der Waals surface area contributed by atoms with Crippen molar-refractivity contribution in [3.05, 3.63) is 0 Å². The van der Waals surface area contributed by atoms with Crippen molar-refractivity contribution in [3.8, 4) is 0 Å². The first-order chi connectivity index (χ1) is 8.06. The van der Waals surface area contributed by atoms with E-state index in [9.17, 15) is 4.79 Å². The second-order valence-electron chi connectivity index (χ2n) is 5.19. The predicted molar refractivity (Wildman–Crippen MR) is 71.0 cm³/mol. The van der Waals surface area contributed by atoms with Crippen LogP contribution in [0.1, 0.15) is 26.7 Å². The number of rotatable bonds is 5. The molecule has 17 heavy (non-hydrogen) atoms. The number of amides is 1. The fourth-order valence-corrected chi connectivity index (χ4v) is 2.49. The molecule has 1 amide bonds. The van der Waals surface area contributed by atoms with Gasteiger partial charge in [0.1, 0.15) is 0 Å². The van der Waals surface area contributed by atoms with Gasteiger partial charge in [-0.25, -0.2) is 0 Å².